The van der Waals surface area contributed by atoms with Gasteiger partial charge in [0.1, 0.15) is 6.33 Å². The van der Waals surface area contributed by atoms with E-state index >= 15 is 0 Å². The Bertz CT molecular complexity index is 746. The average molecular weight is 360 g/mol. The molecule has 0 bridgehead atoms. The summed E-state index contributed by atoms with van der Waals surface area (Å²) < 4.78 is 7.58. The molecule has 1 aliphatic rings. The highest BCUT2D eigenvalue weighted by Crippen LogP contribution is 2.23. The Labute approximate surface area is 152 Å². The van der Waals surface area contributed by atoms with E-state index in [-0.39, 0.29) is 12.0 Å². The number of carbonyl (C=O) groups excluding carboxylic acids is 1. The number of hydrogen-bond acceptors (Lipinski definition) is 5. The van der Waals surface area contributed by atoms with Gasteiger partial charge in [-0.15, -0.1) is 10.2 Å². The Morgan fingerprint density at radius 1 is 1.40 bits per heavy atom. The van der Waals surface area contributed by atoms with Gasteiger partial charge in [-0.3, -0.25) is 9.36 Å². The zero-order valence-electron chi connectivity index (χ0n) is 14.9. The van der Waals surface area contributed by atoms with Crippen LogP contribution in [0.3, 0.4) is 0 Å². The lowest BCUT2D eigenvalue weighted by molar-refractivity contribution is -0.135. The Hall–Kier alpha value is -1.86. The second-order valence-corrected chi connectivity index (χ2v) is 7.25. The van der Waals surface area contributed by atoms with E-state index in [1.165, 1.54) is 17.3 Å². The van der Waals surface area contributed by atoms with Gasteiger partial charge in [0.15, 0.2) is 5.16 Å². The van der Waals surface area contributed by atoms with Crippen LogP contribution < -0.4 is 0 Å². The summed E-state index contributed by atoms with van der Waals surface area (Å²) >= 11 is 1.43. The molecule has 0 spiro atoms. The molecular formula is C18H24N4O2S. The lowest BCUT2D eigenvalue weighted by Gasteiger charge is -2.32. The van der Waals surface area contributed by atoms with Crippen molar-refractivity contribution in [3.05, 3.63) is 35.7 Å². The highest BCUT2D eigenvalue weighted by Gasteiger charge is 2.23. The van der Waals surface area contributed by atoms with Crippen molar-refractivity contribution in [1.29, 1.82) is 0 Å². The molecular weight excluding hydrogens is 336 g/mol. The number of aromatic nitrogens is 3. The van der Waals surface area contributed by atoms with Gasteiger partial charge in [0.05, 0.1) is 24.2 Å². The van der Waals surface area contributed by atoms with E-state index < -0.39 is 0 Å². The molecule has 0 N–H and O–H groups in total. The molecule has 0 aliphatic carbocycles. The maximum Gasteiger partial charge on any atom is 0.233 e. The molecule has 1 aliphatic heterocycles. The smallest absolute Gasteiger partial charge is 0.233 e. The molecule has 7 heteroatoms. The Kier molecular flexibility index (Phi) is 5.75. The first-order chi connectivity index (χ1) is 12.1. The average Bonchev–Trinajstić information content (AvgIpc) is 3.08. The number of hydrogen-bond donors (Lipinski definition) is 0. The normalized spacial score (nSPS) is 17.7. The zero-order valence-corrected chi connectivity index (χ0v) is 15.8. The molecule has 1 saturated heterocycles. The molecule has 3 rings (SSSR count). The molecule has 134 valence electrons. The second-order valence-electron chi connectivity index (χ2n) is 6.30. The molecule has 0 radical (unpaired) electrons. The van der Waals surface area contributed by atoms with E-state index in [1.54, 1.807) is 6.33 Å². The fourth-order valence-electron chi connectivity index (χ4n) is 2.97. The summed E-state index contributed by atoms with van der Waals surface area (Å²) in [6.07, 6.45) is 2.78. The summed E-state index contributed by atoms with van der Waals surface area (Å²) in [5.74, 6) is 0.488. The van der Waals surface area contributed by atoms with Crippen molar-refractivity contribution < 1.29 is 9.53 Å². The van der Waals surface area contributed by atoms with Gasteiger partial charge in [-0.1, -0.05) is 36.4 Å². The Morgan fingerprint density at radius 3 is 3.00 bits per heavy atom. The SMILES string of the molecule is CC[C@@H]1CN(C(=O)CSc2nncn2-c2ccc(C)cc2C)CCO1. The standard InChI is InChI=1S/C18H24N4O2S/c1-4-15-10-21(7-8-24-15)17(23)11-25-18-20-19-12-22(18)16-6-5-13(2)9-14(16)3/h5-6,9,12,15H,4,7-8,10-11H2,1-3H3/t15-/m1/s1. The third-order valence-corrected chi connectivity index (χ3v) is 5.33. The number of carbonyl (C=O) groups is 1. The first-order valence-electron chi connectivity index (χ1n) is 8.58. The summed E-state index contributed by atoms with van der Waals surface area (Å²) in [7, 11) is 0. The van der Waals surface area contributed by atoms with Crippen LogP contribution in [0.2, 0.25) is 0 Å². The highest BCUT2D eigenvalue weighted by molar-refractivity contribution is 7.99. The van der Waals surface area contributed by atoms with Crippen LogP contribution in [0.15, 0.2) is 29.7 Å². The molecule has 6 nitrogen and oxygen atoms in total. The van der Waals surface area contributed by atoms with Crippen LogP contribution in [-0.2, 0) is 9.53 Å². The Morgan fingerprint density at radius 2 is 2.24 bits per heavy atom. The summed E-state index contributed by atoms with van der Waals surface area (Å²) in [5.41, 5.74) is 3.42. The van der Waals surface area contributed by atoms with Crippen LogP contribution in [-0.4, -0.2) is 57.1 Å². The number of nitrogens with zero attached hydrogens (tertiary/aromatic N) is 4. The fraction of sp³-hybridized carbons (Fsp3) is 0.500. The molecule has 1 aromatic heterocycles. The van der Waals surface area contributed by atoms with Gasteiger partial charge in [-0.2, -0.15) is 0 Å². The van der Waals surface area contributed by atoms with Gasteiger partial charge in [0, 0.05) is 13.1 Å². The second kappa shape index (κ2) is 8.01. The molecule has 1 amide bonds. The summed E-state index contributed by atoms with van der Waals surface area (Å²) in [5, 5.41) is 8.95. The maximum atomic E-state index is 12.5. The predicted octanol–water partition coefficient (Wildman–Crippen LogP) is 2.61. The van der Waals surface area contributed by atoms with Crippen molar-refractivity contribution in [2.24, 2.45) is 0 Å². The zero-order chi connectivity index (χ0) is 17.8. The van der Waals surface area contributed by atoms with Crippen molar-refractivity contribution in [3.8, 4) is 5.69 Å². The van der Waals surface area contributed by atoms with Crippen LogP contribution in [0, 0.1) is 13.8 Å². The minimum atomic E-state index is 0.127. The first-order valence-corrected chi connectivity index (χ1v) is 9.57. The van der Waals surface area contributed by atoms with E-state index in [1.807, 2.05) is 9.47 Å². The van der Waals surface area contributed by atoms with Crippen LogP contribution >= 0.6 is 11.8 Å². The van der Waals surface area contributed by atoms with Crippen LogP contribution in [0.25, 0.3) is 5.69 Å². The number of thioether (sulfide) groups is 1. The van der Waals surface area contributed by atoms with E-state index in [2.05, 4.69) is 49.2 Å². The maximum absolute atomic E-state index is 12.5. The summed E-state index contributed by atoms with van der Waals surface area (Å²) in [6, 6.07) is 6.27. The third kappa shape index (κ3) is 4.22. The quantitative estimate of drug-likeness (QED) is 0.767. The van der Waals surface area contributed by atoms with Crippen molar-refractivity contribution in [2.75, 3.05) is 25.4 Å². The molecule has 1 aromatic carbocycles. The van der Waals surface area contributed by atoms with Crippen LogP contribution in [0.4, 0.5) is 0 Å². The molecule has 0 saturated carbocycles. The molecule has 1 fully saturated rings. The number of ether oxygens (including phenoxy) is 1. The monoisotopic (exact) mass is 360 g/mol. The van der Waals surface area contributed by atoms with Crippen molar-refractivity contribution in [1.82, 2.24) is 19.7 Å². The fourth-order valence-corrected chi connectivity index (χ4v) is 3.80. The van der Waals surface area contributed by atoms with E-state index in [0.29, 0.717) is 25.4 Å². The molecule has 25 heavy (non-hydrogen) atoms. The van der Waals surface area contributed by atoms with Gasteiger partial charge in [-0.05, 0) is 31.9 Å². The number of benzene rings is 1. The van der Waals surface area contributed by atoms with Gasteiger partial charge in [0.25, 0.3) is 0 Å². The van der Waals surface area contributed by atoms with Crippen molar-refractivity contribution in [2.45, 2.75) is 38.5 Å². The van der Waals surface area contributed by atoms with E-state index in [9.17, 15) is 4.79 Å². The lowest BCUT2D eigenvalue weighted by atomic mass is 10.1. The molecule has 2 heterocycles. The predicted molar refractivity (Wildman–Crippen MR) is 98.2 cm³/mol. The van der Waals surface area contributed by atoms with Gasteiger partial charge < -0.3 is 9.64 Å². The van der Waals surface area contributed by atoms with Gasteiger partial charge in [0.2, 0.25) is 5.91 Å². The number of rotatable bonds is 5. The minimum Gasteiger partial charge on any atom is -0.375 e. The summed E-state index contributed by atoms with van der Waals surface area (Å²) in [4.78, 5) is 14.4. The molecule has 0 unspecified atom stereocenters. The first kappa shape index (κ1) is 17.9. The van der Waals surface area contributed by atoms with Gasteiger partial charge in [-0.25, -0.2) is 0 Å². The van der Waals surface area contributed by atoms with Gasteiger partial charge >= 0.3 is 0 Å². The lowest BCUT2D eigenvalue weighted by Crippen LogP contribution is -2.46. The van der Waals surface area contributed by atoms with E-state index in [4.69, 9.17) is 4.74 Å². The molecule has 2 aromatic rings. The largest absolute Gasteiger partial charge is 0.375 e. The van der Waals surface area contributed by atoms with Crippen LogP contribution in [0.5, 0.6) is 0 Å². The minimum absolute atomic E-state index is 0.127. The summed E-state index contributed by atoms with van der Waals surface area (Å²) in [6.45, 7) is 8.19. The van der Waals surface area contributed by atoms with Crippen LogP contribution in [0.1, 0.15) is 24.5 Å². The Balaban J connectivity index is 1.66. The van der Waals surface area contributed by atoms with Crippen molar-refractivity contribution >= 4 is 17.7 Å². The highest BCUT2D eigenvalue weighted by atomic mass is 32.2. The number of amides is 1. The number of morpholine rings is 1. The van der Waals surface area contributed by atoms with Crippen molar-refractivity contribution in [3.63, 3.8) is 0 Å². The number of aryl methyl sites for hydroxylation is 2. The van der Waals surface area contributed by atoms with E-state index in [0.717, 1.165) is 22.8 Å². The molecule has 1 atom stereocenters. The third-order valence-electron chi connectivity index (χ3n) is 4.40. The topological polar surface area (TPSA) is 60.2 Å².